The number of hydrogen-bond donors (Lipinski definition) is 4. The van der Waals surface area contributed by atoms with Crippen LogP contribution in [0.25, 0.3) is 10.9 Å². The van der Waals surface area contributed by atoms with E-state index < -0.39 is 5.54 Å². The number of fused-ring (bicyclic) bond motifs is 6. The first-order chi connectivity index (χ1) is 12.6. The Kier molecular flexibility index (Phi) is 3.41. The SMILES string of the molecule is O=C1C[C@]2(N[C@@H](CO)Cc3c2[nH]c2ccccc32)c2cc(Cl)ccc2N1. The molecular weight excluding hydrogens is 350 g/mol. The van der Waals surface area contributed by atoms with E-state index in [-0.39, 0.29) is 25.0 Å². The van der Waals surface area contributed by atoms with E-state index in [2.05, 4.69) is 21.7 Å². The van der Waals surface area contributed by atoms with Crippen molar-refractivity contribution in [1.29, 1.82) is 0 Å². The van der Waals surface area contributed by atoms with Crippen LogP contribution in [0.15, 0.2) is 42.5 Å². The number of halogens is 1. The third kappa shape index (κ3) is 2.14. The Morgan fingerprint density at radius 3 is 2.92 bits per heavy atom. The van der Waals surface area contributed by atoms with Crippen LogP contribution in [-0.2, 0) is 16.8 Å². The smallest absolute Gasteiger partial charge is 0.227 e. The first kappa shape index (κ1) is 15.9. The van der Waals surface area contributed by atoms with Gasteiger partial charge in [-0.3, -0.25) is 10.1 Å². The maximum Gasteiger partial charge on any atom is 0.227 e. The first-order valence-corrected chi connectivity index (χ1v) is 9.07. The molecular formula is C20H18ClN3O2. The summed E-state index contributed by atoms with van der Waals surface area (Å²) in [6, 6.07) is 13.5. The molecule has 5 rings (SSSR count). The Balaban J connectivity index is 1.85. The molecule has 2 aliphatic heterocycles. The number of aromatic amines is 1. The van der Waals surface area contributed by atoms with Crippen molar-refractivity contribution >= 4 is 34.1 Å². The summed E-state index contributed by atoms with van der Waals surface area (Å²) >= 11 is 6.29. The number of aromatic nitrogens is 1. The van der Waals surface area contributed by atoms with Gasteiger partial charge in [-0.05, 0) is 36.2 Å². The summed E-state index contributed by atoms with van der Waals surface area (Å²) in [5.74, 6) is -0.0597. The molecule has 4 N–H and O–H groups in total. The molecule has 132 valence electrons. The van der Waals surface area contributed by atoms with Gasteiger partial charge < -0.3 is 15.4 Å². The molecule has 1 aromatic heterocycles. The highest BCUT2D eigenvalue weighted by Crippen LogP contribution is 2.46. The molecule has 0 aliphatic carbocycles. The summed E-state index contributed by atoms with van der Waals surface area (Å²) in [6.45, 7) is -0.00177. The number of benzene rings is 2. The van der Waals surface area contributed by atoms with Crippen LogP contribution in [0.2, 0.25) is 5.02 Å². The molecule has 0 saturated carbocycles. The van der Waals surface area contributed by atoms with Crippen LogP contribution >= 0.6 is 11.6 Å². The van der Waals surface area contributed by atoms with Crippen LogP contribution in [0, 0.1) is 0 Å². The quantitative estimate of drug-likeness (QED) is 0.534. The average Bonchev–Trinajstić information content (AvgIpc) is 3.02. The molecule has 6 heteroatoms. The lowest BCUT2D eigenvalue weighted by Crippen LogP contribution is -2.57. The average molecular weight is 368 g/mol. The zero-order valence-corrected chi connectivity index (χ0v) is 14.7. The summed E-state index contributed by atoms with van der Waals surface area (Å²) in [6.07, 6.45) is 0.950. The van der Waals surface area contributed by atoms with Crippen molar-refractivity contribution in [3.63, 3.8) is 0 Å². The number of para-hydroxylation sites is 1. The fourth-order valence-electron chi connectivity index (χ4n) is 4.47. The number of aliphatic hydroxyl groups is 1. The normalized spacial score (nSPS) is 24.4. The van der Waals surface area contributed by atoms with Crippen molar-refractivity contribution in [3.05, 3.63) is 64.3 Å². The van der Waals surface area contributed by atoms with Gasteiger partial charge in [0, 0.05) is 38.9 Å². The lowest BCUT2D eigenvalue weighted by molar-refractivity contribution is -0.118. The second kappa shape index (κ2) is 5.58. The van der Waals surface area contributed by atoms with E-state index in [4.69, 9.17) is 11.6 Å². The van der Waals surface area contributed by atoms with Crippen molar-refractivity contribution in [2.24, 2.45) is 0 Å². The molecule has 0 fully saturated rings. The van der Waals surface area contributed by atoms with Crippen LogP contribution in [0.5, 0.6) is 0 Å². The predicted octanol–water partition coefficient (Wildman–Crippen LogP) is 2.91. The number of hydrogen-bond acceptors (Lipinski definition) is 3. The summed E-state index contributed by atoms with van der Waals surface area (Å²) in [5, 5.41) is 18.2. The highest BCUT2D eigenvalue weighted by atomic mass is 35.5. The van der Waals surface area contributed by atoms with Gasteiger partial charge in [-0.25, -0.2) is 0 Å². The van der Waals surface area contributed by atoms with Crippen LogP contribution in [-0.4, -0.2) is 28.6 Å². The Bertz CT molecular complexity index is 1040. The molecule has 2 aromatic carbocycles. The van der Waals surface area contributed by atoms with Crippen molar-refractivity contribution in [2.75, 3.05) is 11.9 Å². The zero-order chi connectivity index (χ0) is 17.9. The largest absolute Gasteiger partial charge is 0.395 e. The number of anilines is 1. The Labute approximate surface area is 155 Å². The fraction of sp³-hybridized carbons (Fsp3) is 0.250. The Morgan fingerprint density at radius 1 is 1.23 bits per heavy atom. The van der Waals surface area contributed by atoms with Gasteiger partial charge in [0.25, 0.3) is 0 Å². The Morgan fingerprint density at radius 2 is 2.08 bits per heavy atom. The van der Waals surface area contributed by atoms with Crippen LogP contribution in [0.3, 0.4) is 0 Å². The fourth-order valence-corrected chi connectivity index (χ4v) is 4.64. The molecule has 5 nitrogen and oxygen atoms in total. The van der Waals surface area contributed by atoms with Gasteiger partial charge in [-0.1, -0.05) is 29.8 Å². The highest BCUT2D eigenvalue weighted by Gasteiger charge is 2.48. The lowest BCUT2D eigenvalue weighted by Gasteiger charge is -2.45. The maximum absolute atomic E-state index is 12.5. The van der Waals surface area contributed by atoms with E-state index in [0.717, 1.165) is 33.4 Å². The second-order valence-corrected chi connectivity index (χ2v) is 7.51. The van der Waals surface area contributed by atoms with E-state index in [9.17, 15) is 9.90 Å². The number of carbonyl (C=O) groups is 1. The second-order valence-electron chi connectivity index (χ2n) is 7.07. The molecule has 2 atom stereocenters. The number of aliphatic hydroxyl groups excluding tert-OH is 1. The van der Waals surface area contributed by atoms with Gasteiger partial charge in [0.2, 0.25) is 5.91 Å². The molecule has 0 unspecified atom stereocenters. The van der Waals surface area contributed by atoms with Gasteiger partial charge in [0.1, 0.15) is 0 Å². The molecule has 1 amide bonds. The molecule has 2 aliphatic rings. The predicted molar refractivity (Wildman–Crippen MR) is 101 cm³/mol. The van der Waals surface area contributed by atoms with E-state index in [0.29, 0.717) is 11.4 Å². The van der Waals surface area contributed by atoms with E-state index >= 15 is 0 Å². The van der Waals surface area contributed by atoms with Gasteiger partial charge in [-0.15, -0.1) is 0 Å². The molecule has 0 saturated heterocycles. The molecule has 0 radical (unpaired) electrons. The molecule has 3 aromatic rings. The lowest BCUT2D eigenvalue weighted by atomic mass is 9.74. The molecule has 1 spiro atoms. The minimum Gasteiger partial charge on any atom is -0.395 e. The maximum atomic E-state index is 12.5. The topological polar surface area (TPSA) is 77.2 Å². The van der Waals surface area contributed by atoms with Crippen LogP contribution in [0.1, 0.15) is 23.2 Å². The minimum absolute atomic E-state index is 0.00177. The molecule has 26 heavy (non-hydrogen) atoms. The standard InChI is InChI=1S/C20H18ClN3O2/c21-11-5-6-17-15(7-11)20(9-18(26)22-17)19-14(8-12(10-25)24-20)13-3-1-2-4-16(13)23-19/h1-7,12,23-25H,8-10H2,(H,22,26)/t12-,20+/m1/s1. The molecule has 0 bridgehead atoms. The number of rotatable bonds is 1. The van der Waals surface area contributed by atoms with E-state index in [1.165, 1.54) is 0 Å². The van der Waals surface area contributed by atoms with Crippen molar-refractivity contribution in [2.45, 2.75) is 24.4 Å². The van der Waals surface area contributed by atoms with Crippen molar-refractivity contribution in [3.8, 4) is 0 Å². The third-order valence-electron chi connectivity index (χ3n) is 5.50. The minimum atomic E-state index is -0.734. The van der Waals surface area contributed by atoms with Crippen molar-refractivity contribution in [1.82, 2.24) is 10.3 Å². The third-order valence-corrected chi connectivity index (χ3v) is 5.74. The summed E-state index contributed by atoms with van der Waals surface area (Å²) in [5.41, 5.74) is 4.12. The molecule has 3 heterocycles. The summed E-state index contributed by atoms with van der Waals surface area (Å²) in [7, 11) is 0. The first-order valence-electron chi connectivity index (χ1n) is 8.69. The number of nitrogens with one attached hydrogen (secondary N) is 3. The monoisotopic (exact) mass is 367 g/mol. The number of amides is 1. The van der Waals surface area contributed by atoms with Gasteiger partial charge in [0.05, 0.1) is 18.6 Å². The van der Waals surface area contributed by atoms with Gasteiger partial charge in [-0.2, -0.15) is 0 Å². The summed E-state index contributed by atoms with van der Waals surface area (Å²) in [4.78, 5) is 16.1. The van der Waals surface area contributed by atoms with E-state index in [1.54, 1.807) is 6.07 Å². The summed E-state index contributed by atoms with van der Waals surface area (Å²) < 4.78 is 0. The van der Waals surface area contributed by atoms with Crippen LogP contribution < -0.4 is 10.6 Å². The number of H-pyrrole nitrogens is 1. The van der Waals surface area contributed by atoms with Crippen molar-refractivity contribution < 1.29 is 9.90 Å². The van der Waals surface area contributed by atoms with Gasteiger partial charge >= 0.3 is 0 Å². The Hall–Kier alpha value is -2.34. The van der Waals surface area contributed by atoms with Gasteiger partial charge in [0.15, 0.2) is 0 Å². The highest BCUT2D eigenvalue weighted by molar-refractivity contribution is 6.30. The van der Waals surface area contributed by atoms with E-state index in [1.807, 2.05) is 30.3 Å². The zero-order valence-electron chi connectivity index (χ0n) is 14.0. The number of carbonyl (C=O) groups excluding carboxylic acids is 1. The van der Waals surface area contributed by atoms with Crippen LogP contribution in [0.4, 0.5) is 5.69 Å².